The van der Waals surface area contributed by atoms with E-state index in [9.17, 15) is 4.79 Å². The molecule has 8 heteroatoms. The number of carbonyl (C=O) groups excluding carboxylic acids is 1. The van der Waals surface area contributed by atoms with Gasteiger partial charge in [0.1, 0.15) is 6.10 Å². The molecule has 0 bridgehead atoms. The molecule has 2 heterocycles. The molecule has 8 nitrogen and oxygen atoms in total. The maximum Gasteiger partial charge on any atom is 0.248 e. The van der Waals surface area contributed by atoms with Crippen LogP contribution in [-0.4, -0.2) is 49.8 Å². The van der Waals surface area contributed by atoms with Gasteiger partial charge in [0.15, 0.2) is 17.3 Å². The molecule has 1 unspecified atom stereocenters. The summed E-state index contributed by atoms with van der Waals surface area (Å²) >= 11 is 0. The molecule has 1 fully saturated rings. The second kappa shape index (κ2) is 8.02. The third-order valence-electron chi connectivity index (χ3n) is 4.87. The van der Waals surface area contributed by atoms with Crippen molar-refractivity contribution in [3.8, 4) is 22.9 Å². The van der Waals surface area contributed by atoms with Crippen LogP contribution in [0.3, 0.4) is 0 Å². The molecule has 3 aromatic rings. The van der Waals surface area contributed by atoms with Gasteiger partial charge in [-0.3, -0.25) is 4.79 Å². The van der Waals surface area contributed by atoms with E-state index in [1.54, 1.807) is 32.4 Å². The molecule has 0 radical (unpaired) electrons. The minimum absolute atomic E-state index is 0.231. The number of ether oxygens (including phenoxy) is 3. The molecule has 0 saturated carbocycles. The van der Waals surface area contributed by atoms with Crippen molar-refractivity contribution in [2.75, 3.05) is 33.9 Å². The molecule has 1 saturated heterocycles. The number of nitrogens with zero attached hydrogens (tertiary/aromatic N) is 2. The average molecular weight is 394 g/mol. The van der Waals surface area contributed by atoms with Crippen LogP contribution in [0.5, 0.6) is 11.5 Å². The highest BCUT2D eigenvalue weighted by Crippen LogP contribution is 2.36. The van der Waals surface area contributed by atoms with Gasteiger partial charge < -0.3 is 25.3 Å². The highest BCUT2D eigenvalue weighted by molar-refractivity contribution is 5.94. The predicted octanol–water partition coefficient (Wildman–Crippen LogP) is 2.07. The van der Waals surface area contributed by atoms with E-state index in [0.717, 1.165) is 17.6 Å². The molecule has 150 valence electrons. The lowest BCUT2D eigenvalue weighted by Crippen LogP contribution is -2.34. The Morgan fingerprint density at radius 3 is 2.66 bits per heavy atom. The highest BCUT2D eigenvalue weighted by atomic mass is 16.5. The molecule has 1 amide bonds. The molecule has 1 atom stereocenters. The van der Waals surface area contributed by atoms with E-state index in [1.165, 1.54) is 0 Å². The first-order valence-electron chi connectivity index (χ1n) is 9.27. The number of hydrogen-bond acceptors (Lipinski definition) is 7. The summed E-state index contributed by atoms with van der Waals surface area (Å²) in [5, 5.41) is 4.16. The summed E-state index contributed by atoms with van der Waals surface area (Å²) < 4.78 is 16.8. The fourth-order valence-corrected chi connectivity index (χ4v) is 3.41. The van der Waals surface area contributed by atoms with Crippen LogP contribution in [0.1, 0.15) is 22.2 Å². The molecule has 3 N–H and O–H groups in total. The Balaban J connectivity index is 1.94. The summed E-state index contributed by atoms with van der Waals surface area (Å²) in [6.45, 7) is 2.03. The zero-order valence-corrected chi connectivity index (χ0v) is 16.3. The zero-order chi connectivity index (χ0) is 20.4. The minimum Gasteiger partial charge on any atom is -0.493 e. The zero-order valence-electron chi connectivity index (χ0n) is 16.3. The number of methoxy groups -OCH3 is 2. The second-order valence-corrected chi connectivity index (χ2v) is 6.67. The topological polar surface area (TPSA) is 109 Å². The van der Waals surface area contributed by atoms with E-state index < -0.39 is 5.91 Å². The van der Waals surface area contributed by atoms with Crippen LogP contribution >= 0.6 is 0 Å². The molecule has 0 spiro atoms. The fourth-order valence-electron chi connectivity index (χ4n) is 3.41. The van der Waals surface area contributed by atoms with Crippen molar-refractivity contribution in [3.63, 3.8) is 0 Å². The number of nitrogens with one attached hydrogen (secondary N) is 1. The number of hydrogen-bond donors (Lipinski definition) is 2. The van der Waals surface area contributed by atoms with Gasteiger partial charge in [-0.15, -0.1) is 0 Å². The third-order valence-corrected chi connectivity index (χ3v) is 4.87. The Labute approximate surface area is 168 Å². The first-order valence-corrected chi connectivity index (χ1v) is 9.27. The van der Waals surface area contributed by atoms with Crippen LogP contribution in [0.15, 0.2) is 36.4 Å². The maximum absolute atomic E-state index is 11.6. The van der Waals surface area contributed by atoms with E-state index in [0.29, 0.717) is 47.1 Å². The van der Waals surface area contributed by atoms with Gasteiger partial charge in [0, 0.05) is 35.7 Å². The lowest BCUT2D eigenvalue weighted by atomic mass is 10.1. The van der Waals surface area contributed by atoms with E-state index >= 15 is 0 Å². The molecule has 0 aliphatic carbocycles. The number of benzene rings is 2. The Morgan fingerprint density at radius 1 is 1.17 bits per heavy atom. The summed E-state index contributed by atoms with van der Waals surface area (Å²) in [6.07, 6.45) is -0.231. The summed E-state index contributed by atoms with van der Waals surface area (Å²) in [7, 11) is 3.17. The van der Waals surface area contributed by atoms with E-state index in [-0.39, 0.29) is 6.10 Å². The van der Waals surface area contributed by atoms with Crippen LogP contribution in [0.25, 0.3) is 22.3 Å². The lowest BCUT2D eigenvalue weighted by Gasteiger charge is -2.25. The van der Waals surface area contributed by atoms with Gasteiger partial charge in [-0.2, -0.15) is 0 Å². The highest BCUT2D eigenvalue weighted by Gasteiger charge is 2.23. The Morgan fingerprint density at radius 2 is 1.97 bits per heavy atom. The van der Waals surface area contributed by atoms with Gasteiger partial charge in [-0.25, -0.2) is 9.97 Å². The van der Waals surface area contributed by atoms with E-state index in [4.69, 9.17) is 29.9 Å². The van der Waals surface area contributed by atoms with Crippen molar-refractivity contribution in [3.05, 3.63) is 47.7 Å². The van der Waals surface area contributed by atoms with Crippen LogP contribution in [0.4, 0.5) is 0 Å². The van der Waals surface area contributed by atoms with Crippen LogP contribution in [0, 0.1) is 0 Å². The van der Waals surface area contributed by atoms with Gasteiger partial charge in [-0.1, -0.05) is 12.1 Å². The molecular formula is C21H22N4O4. The largest absolute Gasteiger partial charge is 0.493 e. The number of fused-ring (bicyclic) bond motifs is 1. The molecule has 1 aliphatic rings. The normalized spacial score (nSPS) is 16.6. The molecule has 1 aromatic heterocycles. The average Bonchev–Trinajstić information content (AvgIpc) is 2.77. The predicted molar refractivity (Wildman–Crippen MR) is 108 cm³/mol. The number of primary amides is 1. The van der Waals surface area contributed by atoms with Gasteiger partial charge in [-0.05, 0) is 18.2 Å². The van der Waals surface area contributed by atoms with Crippen molar-refractivity contribution >= 4 is 16.8 Å². The van der Waals surface area contributed by atoms with Crippen LogP contribution < -0.4 is 20.5 Å². The van der Waals surface area contributed by atoms with Crippen LogP contribution in [0.2, 0.25) is 0 Å². The van der Waals surface area contributed by atoms with Crippen molar-refractivity contribution in [1.82, 2.24) is 15.3 Å². The van der Waals surface area contributed by atoms with Crippen LogP contribution in [-0.2, 0) is 4.74 Å². The monoisotopic (exact) mass is 394 g/mol. The lowest BCUT2D eigenvalue weighted by molar-refractivity contribution is 0.0260. The summed E-state index contributed by atoms with van der Waals surface area (Å²) in [5.41, 5.74) is 7.97. The van der Waals surface area contributed by atoms with Gasteiger partial charge >= 0.3 is 0 Å². The summed E-state index contributed by atoms with van der Waals surface area (Å²) in [4.78, 5) is 21.1. The van der Waals surface area contributed by atoms with Crippen molar-refractivity contribution in [2.45, 2.75) is 6.10 Å². The Kier molecular flexibility index (Phi) is 5.28. The number of amides is 1. The first kappa shape index (κ1) is 19.1. The summed E-state index contributed by atoms with van der Waals surface area (Å²) in [5.74, 6) is 1.15. The van der Waals surface area contributed by atoms with Crippen molar-refractivity contribution in [2.24, 2.45) is 5.73 Å². The van der Waals surface area contributed by atoms with Gasteiger partial charge in [0.25, 0.3) is 0 Å². The number of aromatic nitrogens is 2. The first-order chi connectivity index (χ1) is 14.1. The quantitative estimate of drug-likeness (QED) is 0.682. The number of nitrogens with two attached hydrogens (primary N) is 1. The van der Waals surface area contributed by atoms with E-state index in [1.807, 2.05) is 18.2 Å². The molecule has 4 rings (SSSR count). The Bertz CT molecular complexity index is 1060. The van der Waals surface area contributed by atoms with Crippen molar-refractivity contribution < 1.29 is 19.0 Å². The minimum atomic E-state index is -0.501. The third kappa shape index (κ3) is 3.72. The molecule has 29 heavy (non-hydrogen) atoms. The van der Waals surface area contributed by atoms with E-state index in [2.05, 4.69) is 5.32 Å². The Hall–Kier alpha value is -3.23. The van der Waals surface area contributed by atoms with Gasteiger partial charge in [0.2, 0.25) is 5.91 Å². The maximum atomic E-state index is 11.6. The fraction of sp³-hybridized carbons (Fsp3) is 0.286. The number of morpholine rings is 1. The SMILES string of the molecule is COc1cc2nc(-c3cccc(C(N)=O)c3)nc(C3CNCCO3)c2cc1OC. The molecular weight excluding hydrogens is 372 g/mol. The number of rotatable bonds is 5. The molecule has 2 aromatic carbocycles. The van der Waals surface area contributed by atoms with Gasteiger partial charge in [0.05, 0.1) is 32.0 Å². The van der Waals surface area contributed by atoms with Crippen molar-refractivity contribution in [1.29, 1.82) is 0 Å². The standard InChI is InChI=1S/C21H22N4O4/c1-27-16-9-14-15(10-17(16)28-2)24-21(13-5-3-4-12(8-13)20(22)26)25-19(14)18-11-23-6-7-29-18/h3-5,8-10,18,23H,6-7,11H2,1-2H3,(H2,22,26). The summed E-state index contributed by atoms with van der Waals surface area (Å²) in [6, 6.07) is 10.6. The smallest absolute Gasteiger partial charge is 0.248 e. The number of carbonyl (C=O) groups is 1. The second-order valence-electron chi connectivity index (χ2n) is 6.67. The molecule has 1 aliphatic heterocycles.